The Kier molecular flexibility index (Phi) is 5.99. The second kappa shape index (κ2) is 7.26. The number of carboxylic acids is 1. The molecule has 4 nitrogen and oxygen atoms in total. The number of nitrogens with one attached hydrogen (secondary N) is 1. The molecule has 4 heteroatoms. The summed E-state index contributed by atoms with van der Waals surface area (Å²) in [5, 5.41) is 21.5. The van der Waals surface area contributed by atoms with Crippen molar-refractivity contribution in [3.8, 4) is 0 Å². The first-order chi connectivity index (χ1) is 8.90. The van der Waals surface area contributed by atoms with E-state index in [-0.39, 0.29) is 12.1 Å². The third-order valence-corrected chi connectivity index (χ3v) is 3.20. The first kappa shape index (κ1) is 15.7. The van der Waals surface area contributed by atoms with E-state index >= 15 is 0 Å². The van der Waals surface area contributed by atoms with Crippen LogP contribution in [0.15, 0.2) is 24.3 Å². The molecule has 0 spiro atoms. The first-order valence-corrected chi connectivity index (χ1v) is 6.63. The van der Waals surface area contributed by atoms with E-state index in [1.54, 1.807) is 13.8 Å². The molecule has 1 aromatic carbocycles. The van der Waals surface area contributed by atoms with Crippen LogP contribution in [-0.4, -0.2) is 28.3 Å². The number of rotatable bonds is 7. The Hall–Kier alpha value is -1.39. The van der Waals surface area contributed by atoms with Gasteiger partial charge >= 0.3 is 5.97 Å². The highest BCUT2D eigenvalue weighted by molar-refractivity contribution is 5.75. The largest absolute Gasteiger partial charge is 0.481 e. The molecule has 3 unspecified atom stereocenters. The molecule has 0 aliphatic carbocycles. The van der Waals surface area contributed by atoms with Gasteiger partial charge in [-0.1, -0.05) is 24.3 Å². The number of benzene rings is 1. The highest BCUT2D eigenvalue weighted by Gasteiger charge is 2.13. The number of carbonyl (C=O) groups is 1. The van der Waals surface area contributed by atoms with Gasteiger partial charge in [-0.3, -0.25) is 4.79 Å². The number of hydrogen-bond donors (Lipinski definition) is 3. The van der Waals surface area contributed by atoms with Crippen LogP contribution >= 0.6 is 0 Å². The molecule has 3 N–H and O–H groups in total. The van der Waals surface area contributed by atoms with Crippen LogP contribution in [0.2, 0.25) is 0 Å². The number of aliphatic hydroxyl groups excluding tert-OH is 1. The lowest BCUT2D eigenvalue weighted by Crippen LogP contribution is -2.28. The maximum absolute atomic E-state index is 10.9. The van der Waals surface area contributed by atoms with Gasteiger partial charge in [0.05, 0.1) is 12.0 Å². The molecule has 3 atom stereocenters. The van der Waals surface area contributed by atoms with Gasteiger partial charge in [-0.05, 0) is 38.3 Å². The fourth-order valence-electron chi connectivity index (χ4n) is 1.95. The highest BCUT2D eigenvalue weighted by atomic mass is 16.4. The molecule has 0 bridgehead atoms. The Morgan fingerprint density at radius 1 is 1.21 bits per heavy atom. The van der Waals surface area contributed by atoms with Crippen molar-refractivity contribution >= 4 is 5.97 Å². The van der Waals surface area contributed by atoms with E-state index in [9.17, 15) is 9.90 Å². The zero-order valence-corrected chi connectivity index (χ0v) is 11.8. The van der Waals surface area contributed by atoms with E-state index in [4.69, 9.17) is 5.11 Å². The summed E-state index contributed by atoms with van der Waals surface area (Å²) in [7, 11) is 0. The lowest BCUT2D eigenvalue weighted by molar-refractivity contribution is -0.138. The first-order valence-electron chi connectivity index (χ1n) is 6.63. The quantitative estimate of drug-likeness (QED) is 0.706. The van der Waals surface area contributed by atoms with E-state index in [1.807, 2.05) is 31.2 Å². The standard InChI is InChI=1S/C15H23NO3/c1-10(8-11(2)17)16-9-13-4-6-14(7-5-13)12(3)15(18)19/h4-7,10-12,16-17H,8-9H2,1-3H3,(H,18,19). The van der Waals surface area contributed by atoms with Crippen LogP contribution < -0.4 is 5.32 Å². The lowest BCUT2D eigenvalue weighted by atomic mass is 10.00. The number of hydrogen-bond acceptors (Lipinski definition) is 3. The van der Waals surface area contributed by atoms with Gasteiger partial charge in [-0.25, -0.2) is 0 Å². The van der Waals surface area contributed by atoms with Gasteiger partial charge in [0, 0.05) is 12.6 Å². The third-order valence-electron chi connectivity index (χ3n) is 3.20. The van der Waals surface area contributed by atoms with Crippen molar-refractivity contribution in [3.63, 3.8) is 0 Å². The van der Waals surface area contributed by atoms with Gasteiger partial charge < -0.3 is 15.5 Å². The summed E-state index contributed by atoms with van der Waals surface area (Å²) in [5.74, 6) is -1.28. The van der Waals surface area contributed by atoms with Crippen molar-refractivity contribution in [1.29, 1.82) is 0 Å². The molecule has 0 saturated heterocycles. The van der Waals surface area contributed by atoms with E-state index < -0.39 is 11.9 Å². The second-order valence-electron chi connectivity index (χ2n) is 5.17. The Balaban J connectivity index is 2.51. The minimum absolute atomic E-state index is 0.248. The van der Waals surface area contributed by atoms with Crippen LogP contribution in [0.5, 0.6) is 0 Å². The van der Waals surface area contributed by atoms with Crippen LogP contribution in [0.25, 0.3) is 0 Å². The molecule has 0 fully saturated rings. The molecule has 0 saturated carbocycles. The molecular formula is C15H23NO3. The summed E-state index contributed by atoms with van der Waals surface area (Å²) >= 11 is 0. The molecule has 0 aromatic heterocycles. The van der Waals surface area contributed by atoms with Crippen molar-refractivity contribution in [1.82, 2.24) is 5.32 Å². The summed E-state index contributed by atoms with van der Waals surface area (Å²) in [4.78, 5) is 10.9. The average molecular weight is 265 g/mol. The average Bonchev–Trinajstić information content (AvgIpc) is 2.35. The molecule has 0 radical (unpaired) electrons. The number of carboxylic acid groups (broad SMARTS) is 1. The van der Waals surface area contributed by atoms with Crippen LogP contribution in [0, 0.1) is 0 Å². The van der Waals surface area contributed by atoms with Gasteiger partial charge in [-0.15, -0.1) is 0 Å². The molecule has 0 amide bonds. The van der Waals surface area contributed by atoms with Crippen LogP contribution in [0.1, 0.15) is 44.2 Å². The summed E-state index contributed by atoms with van der Waals surface area (Å²) in [6.07, 6.45) is 0.412. The minimum Gasteiger partial charge on any atom is -0.481 e. The zero-order chi connectivity index (χ0) is 14.4. The number of aliphatic hydroxyl groups is 1. The molecule has 1 rings (SSSR count). The van der Waals surface area contributed by atoms with Crippen molar-refractivity contribution in [2.75, 3.05) is 0 Å². The summed E-state index contributed by atoms with van der Waals surface area (Å²) in [6, 6.07) is 7.84. The SMILES string of the molecule is CC(O)CC(C)NCc1ccc(C(C)C(=O)O)cc1. The third kappa shape index (κ3) is 5.41. The van der Waals surface area contributed by atoms with Crippen LogP contribution in [-0.2, 0) is 11.3 Å². The maximum atomic E-state index is 10.9. The normalized spacial score (nSPS) is 15.8. The summed E-state index contributed by atoms with van der Waals surface area (Å²) < 4.78 is 0. The van der Waals surface area contributed by atoms with E-state index in [1.165, 1.54) is 0 Å². The van der Waals surface area contributed by atoms with Crippen molar-refractivity contribution in [2.24, 2.45) is 0 Å². The van der Waals surface area contributed by atoms with Crippen LogP contribution in [0.4, 0.5) is 0 Å². The zero-order valence-electron chi connectivity index (χ0n) is 11.8. The van der Waals surface area contributed by atoms with Gasteiger partial charge in [-0.2, -0.15) is 0 Å². The van der Waals surface area contributed by atoms with E-state index in [2.05, 4.69) is 5.32 Å². The maximum Gasteiger partial charge on any atom is 0.310 e. The molecule has 1 aromatic rings. The fourth-order valence-corrected chi connectivity index (χ4v) is 1.95. The number of aliphatic carboxylic acids is 1. The van der Waals surface area contributed by atoms with Gasteiger partial charge in [0.15, 0.2) is 0 Å². The molecule has 19 heavy (non-hydrogen) atoms. The summed E-state index contributed by atoms with van der Waals surface area (Å²) in [5.41, 5.74) is 1.92. The second-order valence-corrected chi connectivity index (χ2v) is 5.17. The molecule has 0 heterocycles. The fraction of sp³-hybridized carbons (Fsp3) is 0.533. The van der Waals surface area contributed by atoms with Gasteiger partial charge in [0.1, 0.15) is 0 Å². The monoisotopic (exact) mass is 265 g/mol. The minimum atomic E-state index is -0.809. The van der Waals surface area contributed by atoms with Crippen molar-refractivity contribution < 1.29 is 15.0 Å². The van der Waals surface area contributed by atoms with Gasteiger partial charge in [0.2, 0.25) is 0 Å². The Morgan fingerprint density at radius 3 is 2.26 bits per heavy atom. The molecular weight excluding hydrogens is 242 g/mol. The Labute approximate surface area is 114 Å². The summed E-state index contributed by atoms with van der Waals surface area (Å²) in [6.45, 7) is 6.21. The van der Waals surface area contributed by atoms with Crippen LogP contribution in [0.3, 0.4) is 0 Å². The molecule has 0 aliphatic heterocycles. The van der Waals surface area contributed by atoms with Gasteiger partial charge in [0.25, 0.3) is 0 Å². The Bertz CT molecular complexity index is 400. The Morgan fingerprint density at radius 2 is 1.79 bits per heavy atom. The highest BCUT2D eigenvalue weighted by Crippen LogP contribution is 2.16. The predicted octanol–water partition coefficient (Wildman–Crippen LogP) is 2.12. The smallest absolute Gasteiger partial charge is 0.310 e. The molecule has 0 aliphatic rings. The molecule has 106 valence electrons. The van der Waals surface area contributed by atoms with E-state index in [0.29, 0.717) is 6.42 Å². The van der Waals surface area contributed by atoms with Crippen molar-refractivity contribution in [3.05, 3.63) is 35.4 Å². The van der Waals surface area contributed by atoms with E-state index in [0.717, 1.165) is 17.7 Å². The topological polar surface area (TPSA) is 69.6 Å². The van der Waals surface area contributed by atoms with Crippen molar-refractivity contribution in [2.45, 2.75) is 51.8 Å². The predicted molar refractivity (Wildman–Crippen MR) is 75.1 cm³/mol. The lowest BCUT2D eigenvalue weighted by Gasteiger charge is -2.15.